The summed E-state index contributed by atoms with van der Waals surface area (Å²) in [5.41, 5.74) is 4.60. The highest BCUT2D eigenvalue weighted by atomic mass is 19.3. The lowest BCUT2D eigenvalue weighted by Crippen LogP contribution is -2.39. The summed E-state index contributed by atoms with van der Waals surface area (Å²) in [7, 11) is 1.58. The van der Waals surface area contributed by atoms with Gasteiger partial charge >= 0.3 is 0 Å². The van der Waals surface area contributed by atoms with Crippen molar-refractivity contribution < 1.29 is 8.78 Å². The average molecular weight is 191 g/mol. The van der Waals surface area contributed by atoms with Crippen molar-refractivity contribution in [3.05, 3.63) is 0 Å². The Kier molecular flexibility index (Phi) is 4.81. The van der Waals surface area contributed by atoms with Gasteiger partial charge in [-0.3, -0.25) is 0 Å². The predicted octanol–water partition coefficient (Wildman–Crippen LogP) is 0.814. The van der Waals surface area contributed by atoms with E-state index in [1.807, 2.05) is 6.07 Å². The molecule has 0 aliphatic carbocycles. The Morgan fingerprint density at radius 2 is 2.15 bits per heavy atom. The van der Waals surface area contributed by atoms with Gasteiger partial charge in [0.15, 0.2) is 0 Å². The largest absolute Gasteiger partial charge is 0.314 e. The minimum absolute atomic E-state index is 0.276. The first kappa shape index (κ1) is 12.3. The molecule has 1 unspecified atom stereocenters. The molecule has 0 radical (unpaired) electrons. The number of halogens is 2. The van der Waals surface area contributed by atoms with Gasteiger partial charge in [-0.1, -0.05) is 0 Å². The molecule has 0 rings (SSSR count). The van der Waals surface area contributed by atoms with Crippen molar-refractivity contribution in [2.75, 3.05) is 20.1 Å². The highest BCUT2D eigenvalue weighted by Crippen LogP contribution is 2.05. The summed E-state index contributed by atoms with van der Waals surface area (Å²) in [6.07, 6.45) is -1.94. The van der Waals surface area contributed by atoms with E-state index in [4.69, 9.17) is 11.0 Å². The second-order valence-electron chi connectivity index (χ2n) is 3.43. The number of rotatable bonds is 5. The second kappa shape index (κ2) is 5.10. The molecule has 0 aliphatic rings. The number of nitrogens with zero attached hydrogens (tertiary/aromatic N) is 2. The standard InChI is InChI=1S/C8H15F2N3/c1-8(12,6-11)3-4-13(2)5-7(9)10/h7H,3-5,12H2,1-2H3. The fourth-order valence-electron chi connectivity index (χ4n) is 0.806. The third-order valence-electron chi connectivity index (χ3n) is 1.72. The summed E-state index contributed by atoms with van der Waals surface area (Å²) in [5, 5.41) is 8.55. The lowest BCUT2D eigenvalue weighted by atomic mass is 10.0. The van der Waals surface area contributed by atoms with E-state index in [9.17, 15) is 8.78 Å². The Morgan fingerprint density at radius 1 is 1.62 bits per heavy atom. The van der Waals surface area contributed by atoms with E-state index in [1.54, 1.807) is 14.0 Å². The Hall–Kier alpha value is -0.730. The maximum atomic E-state index is 11.8. The molecule has 5 heteroatoms. The summed E-state index contributed by atoms with van der Waals surface area (Å²) in [5.74, 6) is 0. The van der Waals surface area contributed by atoms with Crippen molar-refractivity contribution >= 4 is 0 Å². The number of nitriles is 1. The zero-order chi connectivity index (χ0) is 10.5. The molecular weight excluding hydrogens is 176 g/mol. The topological polar surface area (TPSA) is 53.0 Å². The molecule has 1 atom stereocenters. The molecule has 0 aromatic carbocycles. The minimum Gasteiger partial charge on any atom is -0.314 e. The van der Waals surface area contributed by atoms with E-state index in [-0.39, 0.29) is 6.54 Å². The zero-order valence-electron chi connectivity index (χ0n) is 7.93. The smallest absolute Gasteiger partial charge is 0.251 e. The third-order valence-corrected chi connectivity index (χ3v) is 1.72. The van der Waals surface area contributed by atoms with Gasteiger partial charge in [-0.15, -0.1) is 0 Å². The molecule has 0 fully saturated rings. The monoisotopic (exact) mass is 191 g/mol. The molecule has 3 nitrogen and oxygen atoms in total. The van der Waals surface area contributed by atoms with E-state index in [2.05, 4.69) is 0 Å². The van der Waals surface area contributed by atoms with Crippen molar-refractivity contribution in [3.63, 3.8) is 0 Å². The Balaban J connectivity index is 3.71. The predicted molar refractivity (Wildman–Crippen MR) is 46.3 cm³/mol. The van der Waals surface area contributed by atoms with Gasteiger partial charge in [0.05, 0.1) is 12.6 Å². The molecule has 0 amide bonds. The van der Waals surface area contributed by atoms with Crippen LogP contribution in [0.1, 0.15) is 13.3 Å². The van der Waals surface area contributed by atoms with Gasteiger partial charge < -0.3 is 10.6 Å². The number of nitrogens with two attached hydrogens (primary N) is 1. The number of hydrogen-bond acceptors (Lipinski definition) is 3. The fourth-order valence-corrected chi connectivity index (χ4v) is 0.806. The van der Waals surface area contributed by atoms with Crippen LogP contribution in [-0.2, 0) is 0 Å². The van der Waals surface area contributed by atoms with Gasteiger partial charge in [-0.25, -0.2) is 8.78 Å². The van der Waals surface area contributed by atoms with E-state index < -0.39 is 12.0 Å². The molecule has 0 bridgehead atoms. The fraction of sp³-hybridized carbons (Fsp3) is 0.875. The summed E-state index contributed by atoms with van der Waals surface area (Å²) in [6, 6.07) is 1.91. The van der Waals surface area contributed by atoms with Crippen molar-refractivity contribution in [1.29, 1.82) is 5.26 Å². The van der Waals surface area contributed by atoms with Crippen LogP contribution in [0.4, 0.5) is 8.78 Å². The van der Waals surface area contributed by atoms with Gasteiger partial charge in [0.25, 0.3) is 6.43 Å². The maximum absolute atomic E-state index is 11.8. The quantitative estimate of drug-likeness (QED) is 0.699. The van der Waals surface area contributed by atoms with Crippen LogP contribution in [-0.4, -0.2) is 37.0 Å². The molecule has 13 heavy (non-hydrogen) atoms. The van der Waals surface area contributed by atoms with Crippen LogP contribution in [0.15, 0.2) is 0 Å². The van der Waals surface area contributed by atoms with Crippen LogP contribution in [0.3, 0.4) is 0 Å². The molecule has 0 aliphatic heterocycles. The van der Waals surface area contributed by atoms with E-state index in [0.717, 1.165) is 0 Å². The van der Waals surface area contributed by atoms with Crippen LogP contribution in [0, 0.1) is 11.3 Å². The van der Waals surface area contributed by atoms with Gasteiger partial charge in [0.1, 0.15) is 5.54 Å². The summed E-state index contributed by atoms with van der Waals surface area (Å²) >= 11 is 0. The first-order chi connectivity index (χ1) is 5.87. The zero-order valence-corrected chi connectivity index (χ0v) is 7.93. The summed E-state index contributed by atoms with van der Waals surface area (Å²) < 4.78 is 23.7. The Morgan fingerprint density at radius 3 is 2.54 bits per heavy atom. The van der Waals surface area contributed by atoms with E-state index in [1.165, 1.54) is 4.90 Å². The number of hydrogen-bond donors (Lipinski definition) is 1. The molecule has 76 valence electrons. The van der Waals surface area contributed by atoms with E-state index >= 15 is 0 Å². The van der Waals surface area contributed by atoms with Gasteiger partial charge in [0, 0.05) is 6.54 Å². The third kappa shape index (κ3) is 6.43. The molecule has 0 spiro atoms. The second-order valence-corrected chi connectivity index (χ2v) is 3.43. The normalized spacial score (nSPS) is 15.8. The van der Waals surface area contributed by atoms with Crippen LogP contribution >= 0.6 is 0 Å². The minimum atomic E-state index is -2.34. The van der Waals surface area contributed by atoms with Gasteiger partial charge in [0.2, 0.25) is 0 Å². The van der Waals surface area contributed by atoms with Crippen molar-refractivity contribution in [3.8, 4) is 6.07 Å². The summed E-state index contributed by atoms with van der Waals surface area (Å²) in [4.78, 5) is 1.47. The van der Waals surface area contributed by atoms with Crippen LogP contribution in [0.5, 0.6) is 0 Å². The molecular formula is C8H15F2N3. The highest BCUT2D eigenvalue weighted by molar-refractivity contribution is 5.00. The lowest BCUT2D eigenvalue weighted by molar-refractivity contribution is 0.0982. The van der Waals surface area contributed by atoms with Crippen LogP contribution in [0.2, 0.25) is 0 Å². The van der Waals surface area contributed by atoms with Crippen molar-refractivity contribution in [2.45, 2.75) is 25.3 Å². The van der Waals surface area contributed by atoms with Crippen molar-refractivity contribution in [1.82, 2.24) is 4.90 Å². The van der Waals surface area contributed by atoms with Crippen molar-refractivity contribution in [2.24, 2.45) is 5.73 Å². The molecule has 2 N–H and O–H groups in total. The van der Waals surface area contributed by atoms with Gasteiger partial charge in [-0.2, -0.15) is 5.26 Å². The molecule has 0 saturated carbocycles. The average Bonchev–Trinajstić information content (AvgIpc) is 2.00. The lowest BCUT2D eigenvalue weighted by Gasteiger charge is -2.20. The van der Waals surface area contributed by atoms with Gasteiger partial charge in [-0.05, 0) is 20.4 Å². The number of alkyl halides is 2. The summed E-state index contributed by atoms with van der Waals surface area (Å²) in [6.45, 7) is 1.72. The first-order valence-corrected chi connectivity index (χ1v) is 4.04. The van der Waals surface area contributed by atoms with Crippen LogP contribution < -0.4 is 5.73 Å². The van der Waals surface area contributed by atoms with Crippen LogP contribution in [0.25, 0.3) is 0 Å². The molecule has 0 heterocycles. The first-order valence-electron chi connectivity index (χ1n) is 4.04. The Bertz CT molecular complexity index is 186. The Labute approximate surface area is 77.1 Å². The molecule has 0 aromatic rings. The highest BCUT2D eigenvalue weighted by Gasteiger charge is 2.18. The van der Waals surface area contributed by atoms with E-state index in [0.29, 0.717) is 13.0 Å². The maximum Gasteiger partial charge on any atom is 0.251 e. The molecule has 0 aromatic heterocycles. The SMILES string of the molecule is CN(CCC(C)(N)C#N)CC(F)F. The molecule has 0 saturated heterocycles.